The van der Waals surface area contributed by atoms with Crippen LogP contribution in [0.5, 0.6) is 0 Å². The van der Waals surface area contributed by atoms with Crippen LogP contribution in [0.15, 0.2) is 41.7 Å². The average molecular weight is 278 g/mol. The number of nitrogens with zero attached hydrogens (tertiary/aromatic N) is 2. The number of halogens is 1. The first-order valence-corrected chi connectivity index (χ1v) is 6.52. The van der Waals surface area contributed by atoms with Crippen LogP contribution in [0, 0.1) is 0 Å². The largest absolute Gasteiger partial charge is 0.759 e. The summed E-state index contributed by atoms with van der Waals surface area (Å²) in [5.74, 6) is 0. The van der Waals surface area contributed by atoms with E-state index in [-0.39, 0.29) is 0 Å². The van der Waals surface area contributed by atoms with E-state index in [1.54, 1.807) is 11.3 Å². The van der Waals surface area contributed by atoms with Gasteiger partial charge in [-0.2, -0.15) is 0 Å². The predicted molar refractivity (Wildman–Crippen MR) is 73.5 cm³/mol. The number of hydrogen-bond acceptors (Lipinski definition) is 4. The minimum Gasteiger partial charge on any atom is -0.759 e. The van der Waals surface area contributed by atoms with E-state index in [0.29, 0.717) is 5.03 Å². The standard InChI is InChI=1S/C12H7ClN2S2/c13-8-3-1-7(2-4-8)10-5-9-11(17-10)12(16)15-6-14-9/h1-6H,(H,14,15,16)/p-1. The first-order chi connectivity index (χ1) is 8.24. The van der Waals surface area contributed by atoms with Crippen molar-refractivity contribution in [2.75, 3.05) is 0 Å². The van der Waals surface area contributed by atoms with E-state index in [0.717, 1.165) is 25.7 Å². The third-order valence-corrected chi connectivity index (χ3v) is 4.28. The van der Waals surface area contributed by atoms with Crippen LogP contribution in [0.1, 0.15) is 0 Å². The van der Waals surface area contributed by atoms with Crippen LogP contribution in [0.3, 0.4) is 0 Å². The Bertz CT molecular complexity index is 677. The maximum Gasteiger partial charge on any atom is 0.114 e. The lowest BCUT2D eigenvalue weighted by Gasteiger charge is -2.02. The lowest BCUT2D eigenvalue weighted by Crippen LogP contribution is -1.80. The Kier molecular flexibility index (Phi) is 2.70. The number of rotatable bonds is 1. The zero-order valence-electron chi connectivity index (χ0n) is 8.55. The lowest BCUT2D eigenvalue weighted by atomic mass is 10.2. The Hall–Kier alpha value is -1.23. The summed E-state index contributed by atoms with van der Waals surface area (Å²) in [4.78, 5) is 9.36. The summed E-state index contributed by atoms with van der Waals surface area (Å²) >= 11 is 12.7. The fourth-order valence-corrected chi connectivity index (χ4v) is 2.99. The summed E-state index contributed by atoms with van der Waals surface area (Å²) in [7, 11) is 0. The molecule has 0 spiro atoms. The molecule has 1 aromatic carbocycles. The van der Waals surface area contributed by atoms with Gasteiger partial charge in [0.25, 0.3) is 0 Å². The third-order valence-electron chi connectivity index (χ3n) is 2.41. The molecule has 0 aliphatic carbocycles. The van der Waals surface area contributed by atoms with Crippen molar-refractivity contribution in [2.24, 2.45) is 0 Å². The van der Waals surface area contributed by atoms with Crippen molar-refractivity contribution >= 4 is 45.8 Å². The SMILES string of the molecule is [S-]c1ncnc2cc(-c3ccc(Cl)cc3)sc12. The monoisotopic (exact) mass is 277 g/mol. The zero-order chi connectivity index (χ0) is 11.8. The molecule has 0 aliphatic heterocycles. The second-order valence-corrected chi connectivity index (χ2v) is 5.39. The molecule has 0 saturated heterocycles. The smallest absolute Gasteiger partial charge is 0.114 e. The first-order valence-electron chi connectivity index (χ1n) is 4.91. The van der Waals surface area contributed by atoms with E-state index in [1.165, 1.54) is 6.33 Å². The van der Waals surface area contributed by atoms with Crippen LogP contribution in [0.2, 0.25) is 5.02 Å². The molecule has 3 rings (SSSR count). The van der Waals surface area contributed by atoms with Crippen molar-refractivity contribution in [3.63, 3.8) is 0 Å². The molecule has 0 aliphatic rings. The molecule has 2 aromatic heterocycles. The van der Waals surface area contributed by atoms with Gasteiger partial charge in [0.15, 0.2) is 0 Å². The molecule has 0 amide bonds. The van der Waals surface area contributed by atoms with Gasteiger partial charge >= 0.3 is 0 Å². The maximum absolute atomic E-state index is 5.87. The van der Waals surface area contributed by atoms with Gasteiger partial charge in [0.2, 0.25) is 0 Å². The van der Waals surface area contributed by atoms with Gasteiger partial charge < -0.3 is 12.6 Å². The summed E-state index contributed by atoms with van der Waals surface area (Å²) in [6.45, 7) is 0. The molecule has 0 radical (unpaired) electrons. The van der Waals surface area contributed by atoms with E-state index < -0.39 is 0 Å². The van der Waals surface area contributed by atoms with Crippen LogP contribution in [0.4, 0.5) is 0 Å². The van der Waals surface area contributed by atoms with E-state index in [9.17, 15) is 0 Å². The summed E-state index contributed by atoms with van der Waals surface area (Å²) in [6, 6.07) is 9.76. The summed E-state index contributed by atoms with van der Waals surface area (Å²) < 4.78 is 0.965. The van der Waals surface area contributed by atoms with E-state index in [2.05, 4.69) is 9.97 Å². The van der Waals surface area contributed by atoms with Crippen molar-refractivity contribution in [1.29, 1.82) is 0 Å². The van der Waals surface area contributed by atoms with Gasteiger partial charge in [-0.3, -0.25) is 4.98 Å². The number of hydrogen-bond donors (Lipinski definition) is 0. The predicted octanol–water partition coefficient (Wildman–Crippen LogP) is 3.92. The van der Waals surface area contributed by atoms with Crippen LogP contribution in [-0.2, 0) is 12.6 Å². The fraction of sp³-hybridized carbons (Fsp3) is 0. The quantitative estimate of drug-likeness (QED) is 0.498. The normalized spacial score (nSPS) is 10.9. The first kappa shape index (κ1) is 10.9. The van der Waals surface area contributed by atoms with Crippen LogP contribution in [0.25, 0.3) is 20.7 Å². The zero-order valence-corrected chi connectivity index (χ0v) is 10.9. The van der Waals surface area contributed by atoms with Gasteiger partial charge in [-0.1, -0.05) is 28.8 Å². The van der Waals surface area contributed by atoms with Crippen LogP contribution in [-0.4, -0.2) is 9.97 Å². The van der Waals surface area contributed by atoms with E-state index in [1.807, 2.05) is 30.3 Å². The molecule has 0 fully saturated rings. The topological polar surface area (TPSA) is 25.8 Å². The fourth-order valence-electron chi connectivity index (χ4n) is 1.59. The molecule has 0 bridgehead atoms. The van der Waals surface area contributed by atoms with Crippen molar-refractivity contribution < 1.29 is 0 Å². The van der Waals surface area contributed by atoms with Gasteiger partial charge in [-0.15, -0.1) is 11.3 Å². The lowest BCUT2D eigenvalue weighted by molar-refractivity contribution is 1.12. The summed E-state index contributed by atoms with van der Waals surface area (Å²) in [5.41, 5.74) is 2.02. The molecule has 2 heterocycles. The Morgan fingerprint density at radius 3 is 2.59 bits per heavy atom. The molecule has 0 N–H and O–H groups in total. The highest BCUT2D eigenvalue weighted by Crippen LogP contribution is 2.34. The van der Waals surface area contributed by atoms with Gasteiger partial charge in [-0.25, -0.2) is 4.98 Å². The van der Waals surface area contributed by atoms with Crippen LogP contribution < -0.4 is 0 Å². The average Bonchev–Trinajstić information content (AvgIpc) is 2.75. The highest BCUT2D eigenvalue weighted by molar-refractivity contribution is 7.59. The van der Waals surface area contributed by atoms with Crippen molar-refractivity contribution in [2.45, 2.75) is 5.03 Å². The van der Waals surface area contributed by atoms with E-state index >= 15 is 0 Å². The summed E-state index contributed by atoms with van der Waals surface area (Å²) in [6.07, 6.45) is 1.50. The summed E-state index contributed by atoms with van der Waals surface area (Å²) in [5, 5.41) is 1.35. The molecule has 84 valence electrons. The number of thiophene rings is 1. The van der Waals surface area contributed by atoms with Crippen molar-refractivity contribution in [3.8, 4) is 10.4 Å². The van der Waals surface area contributed by atoms with Crippen molar-refractivity contribution in [1.82, 2.24) is 9.97 Å². The Labute approximate surface area is 113 Å². The molecule has 0 saturated carbocycles. The van der Waals surface area contributed by atoms with Gasteiger partial charge in [0.1, 0.15) is 6.33 Å². The third kappa shape index (κ3) is 1.99. The minimum atomic E-state index is 0.611. The Balaban J connectivity index is 2.18. The molecule has 17 heavy (non-hydrogen) atoms. The molecule has 0 atom stereocenters. The number of fused-ring (bicyclic) bond motifs is 1. The Morgan fingerprint density at radius 1 is 1.12 bits per heavy atom. The van der Waals surface area contributed by atoms with Crippen molar-refractivity contribution in [3.05, 3.63) is 41.7 Å². The highest BCUT2D eigenvalue weighted by Gasteiger charge is 2.05. The van der Waals surface area contributed by atoms with Crippen LogP contribution >= 0.6 is 22.9 Å². The number of benzene rings is 1. The van der Waals surface area contributed by atoms with Gasteiger partial charge in [-0.05, 0) is 23.8 Å². The molecule has 2 nitrogen and oxygen atoms in total. The highest BCUT2D eigenvalue weighted by atomic mass is 35.5. The number of aromatic nitrogens is 2. The minimum absolute atomic E-state index is 0.611. The molecule has 0 unspecified atom stereocenters. The van der Waals surface area contributed by atoms with E-state index in [4.69, 9.17) is 24.2 Å². The molecule has 5 heteroatoms. The van der Waals surface area contributed by atoms with Gasteiger partial charge in [0.05, 0.1) is 10.2 Å². The molecule has 3 aromatic rings. The second kappa shape index (κ2) is 4.22. The second-order valence-electron chi connectivity index (χ2n) is 3.51. The molecular formula is C12H6ClN2S2-. The van der Waals surface area contributed by atoms with Gasteiger partial charge in [0, 0.05) is 9.90 Å². The molecular weight excluding hydrogens is 272 g/mol. The Morgan fingerprint density at radius 2 is 1.88 bits per heavy atom. The maximum atomic E-state index is 5.87.